The molecule has 5 nitrogen and oxygen atoms in total. The van der Waals surface area contributed by atoms with E-state index in [1.165, 1.54) is 0 Å². The summed E-state index contributed by atoms with van der Waals surface area (Å²) in [5, 5.41) is 18.2. The molecule has 0 bridgehead atoms. The first-order chi connectivity index (χ1) is 11.5. The number of rotatable bonds is 5. The topological polar surface area (TPSA) is 59.3 Å². The minimum Gasteiger partial charge on any atom is -0.394 e. The minimum atomic E-state index is 0.0475. The third kappa shape index (κ3) is 4.09. The maximum atomic E-state index is 9.33. The fourth-order valence-electron chi connectivity index (χ4n) is 3.32. The molecule has 2 unspecified atom stereocenters. The highest BCUT2D eigenvalue weighted by Crippen LogP contribution is 2.27. The maximum absolute atomic E-state index is 9.33. The van der Waals surface area contributed by atoms with Crippen molar-refractivity contribution in [2.24, 2.45) is 0 Å². The Labute approximate surface area is 147 Å². The molecule has 2 atom stereocenters. The molecule has 1 aromatic heterocycles. The minimum absolute atomic E-state index is 0.0475. The molecule has 130 valence electrons. The summed E-state index contributed by atoms with van der Waals surface area (Å²) in [6.07, 6.45) is 2.41. The molecule has 0 saturated carbocycles. The van der Waals surface area contributed by atoms with Crippen LogP contribution < -0.4 is 5.32 Å². The smallest absolute Gasteiger partial charge is 0.125 e. The number of aliphatic hydroxyl groups is 1. The van der Waals surface area contributed by atoms with Gasteiger partial charge in [0.25, 0.3) is 0 Å². The number of aromatic nitrogens is 2. The molecule has 0 radical (unpaired) electrons. The van der Waals surface area contributed by atoms with E-state index in [9.17, 15) is 5.11 Å². The van der Waals surface area contributed by atoms with Gasteiger partial charge in [0.15, 0.2) is 0 Å². The highest BCUT2D eigenvalue weighted by molar-refractivity contribution is 6.30. The van der Waals surface area contributed by atoms with Gasteiger partial charge in [-0.1, -0.05) is 23.7 Å². The van der Waals surface area contributed by atoms with Gasteiger partial charge in [-0.25, -0.2) is 4.68 Å². The molecule has 1 aliphatic heterocycles. The Morgan fingerprint density at radius 2 is 2.04 bits per heavy atom. The number of halogens is 1. The first kappa shape index (κ1) is 17.3. The number of aliphatic hydroxyl groups excluding tert-OH is 1. The van der Waals surface area contributed by atoms with Crippen LogP contribution in [0.3, 0.4) is 0 Å². The number of nitrogens with one attached hydrogen (secondary N) is 1. The highest BCUT2D eigenvalue weighted by atomic mass is 35.5. The first-order valence-corrected chi connectivity index (χ1v) is 8.79. The molecule has 2 heterocycles. The lowest BCUT2D eigenvalue weighted by atomic mass is 10.00. The van der Waals surface area contributed by atoms with E-state index in [1.54, 1.807) is 0 Å². The van der Waals surface area contributed by atoms with Gasteiger partial charge in [0.05, 0.1) is 31.1 Å². The number of benzene rings is 1. The van der Waals surface area contributed by atoms with Crippen LogP contribution in [0.15, 0.2) is 30.3 Å². The Balaban J connectivity index is 1.83. The molecule has 2 N–H and O–H groups in total. The van der Waals surface area contributed by atoms with Crippen molar-refractivity contribution in [2.45, 2.75) is 51.5 Å². The van der Waals surface area contributed by atoms with Crippen molar-refractivity contribution in [1.82, 2.24) is 9.78 Å². The van der Waals surface area contributed by atoms with Gasteiger partial charge in [0, 0.05) is 22.7 Å². The Hall–Kier alpha value is -1.56. The molecule has 0 aliphatic carbocycles. The van der Waals surface area contributed by atoms with Gasteiger partial charge in [0.1, 0.15) is 5.82 Å². The van der Waals surface area contributed by atoms with E-state index in [0.717, 1.165) is 29.9 Å². The Bertz CT molecular complexity index is 679. The van der Waals surface area contributed by atoms with Crippen LogP contribution in [-0.4, -0.2) is 39.7 Å². The Morgan fingerprint density at radius 3 is 2.71 bits per heavy atom. The zero-order valence-corrected chi connectivity index (χ0v) is 14.8. The van der Waals surface area contributed by atoms with E-state index >= 15 is 0 Å². The molecule has 1 saturated heterocycles. The lowest BCUT2D eigenvalue weighted by Crippen LogP contribution is -2.37. The molecule has 3 rings (SSSR count). The van der Waals surface area contributed by atoms with Crippen LogP contribution in [0, 0.1) is 0 Å². The number of hydrogen-bond acceptors (Lipinski definition) is 4. The fourth-order valence-corrected chi connectivity index (χ4v) is 3.51. The van der Waals surface area contributed by atoms with E-state index < -0.39 is 0 Å². The van der Waals surface area contributed by atoms with Crippen LogP contribution in [0.25, 0.3) is 11.3 Å². The fraction of sp³-hybridized carbons (Fsp3) is 0.500. The molecule has 24 heavy (non-hydrogen) atoms. The highest BCUT2D eigenvalue weighted by Gasteiger charge is 2.25. The predicted octanol–water partition coefficient (Wildman–Crippen LogP) is 3.56. The van der Waals surface area contributed by atoms with Crippen molar-refractivity contribution >= 4 is 17.4 Å². The monoisotopic (exact) mass is 349 g/mol. The van der Waals surface area contributed by atoms with Crippen molar-refractivity contribution in [1.29, 1.82) is 0 Å². The summed E-state index contributed by atoms with van der Waals surface area (Å²) in [6.45, 7) is 4.71. The molecule has 1 fully saturated rings. The van der Waals surface area contributed by atoms with Gasteiger partial charge in [-0.3, -0.25) is 0 Å². The lowest BCUT2D eigenvalue weighted by Gasteiger charge is -2.33. The van der Waals surface area contributed by atoms with Crippen LogP contribution in [0.2, 0.25) is 5.02 Å². The van der Waals surface area contributed by atoms with Crippen LogP contribution in [-0.2, 0) is 11.3 Å². The number of nitrogens with zero attached hydrogens (tertiary/aromatic N) is 2. The third-order valence-electron chi connectivity index (χ3n) is 4.26. The van der Waals surface area contributed by atoms with E-state index in [0.29, 0.717) is 17.6 Å². The summed E-state index contributed by atoms with van der Waals surface area (Å²) >= 11 is 6.09. The summed E-state index contributed by atoms with van der Waals surface area (Å²) in [6, 6.07) is 10.0. The van der Waals surface area contributed by atoms with Crippen LogP contribution in [0.5, 0.6) is 0 Å². The molecule has 1 aromatic carbocycles. The van der Waals surface area contributed by atoms with Gasteiger partial charge >= 0.3 is 0 Å². The van der Waals surface area contributed by atoms with E-state index in [-0.39, 0.29) is 18.8 Å². The summed E-state index contributed by atoms with van der Waals surface area (Å²) in [7, 11) is 0. The zero-order chi connectivity index (χ0) is 17.1. The van der Waals surface area contributed by atoms with Gasteiger partial charge < -0.3 is 15.2 Å². The maximum Gasteiger partial charge on any atom is 0.125 e. The van der Waals surface area contributed by atoms with Crippen molar-refractivity contribution < 1.29 is 9.84 Å². The van der Waals surface area contributed by atoms with E-state index in [2.05, 4.69) is 24.3 Å². The van der Waals surface area contributed by atoms with Gasteiger partial charge in [-0.15, -0.1) is 0 Å². The van der Waals surface area contributed by atoms with Crippen molar-refractivity contribution in [3.63, 3.8) is 0 Å². The number of hydrogen-bond donors (Lipinski definition) is 2. The number of anilines is 1. The predicted molar refractivity (Wildman–Crippen MR) is 96.4 cm³/mol. The molecular formula is C18H24ClN3O2. The largest absolute Gasteiger partial charge is 0.394 e. The summed E-state index contributed by atoms with van der Waals surface area (Å²) in [5.41, 5.74) is 1.82. The van der Waals surface area contributed by atoms with E-state index in [1.807, 2.05) is 35.0 Å². The molecule has 1 aliphatic rings. The average molecular weight is 350 g/mol. The average Bonchev–Trinajstić information content (AvgIpc) is 2.89. The lowest BCUT2D eigenvalue weighted by molar-refractivity contribution is -0.0338. The summed E-state index contributed by atoms with van der Waals surface area (Å²) < 4.78 is 7.62. The van der Waals surface area contributed by atoms with Gasteiger partial charge in [-0.05, 0) is 38.8 Å². The van der Waals surface area contributed by atoms with Crippen molar-refractivity contribution in [2.75, 3.05) is 11.9 Å². The summed E-state index contributed by atoms with van der Waals surface area (Å²) in [4.78, 5) is 0. The molecule has 2 aromatic rings. The SMILES string of the molecule is CC1CC(Nc2cc(-c3cccc(Cl)c3)nn2CCO)CC(C)O1. The third-order valence-corrected chi connectivity index (χ3v) is 4.50. The van der Waals surface area contributed by atoms with Crippen LogP contribution in [0.1, 0.15) is 26.7 Å². The summed E-state index contributed by atoms with van der Waals surface area (Å²) in [5.74, 6) is 0.922. The standard InChI is InChI=1S/C18H24ClN3O2/c1-12-8-16(9-13(2)24-12)20-18-11-17(21-22(18)6-7-23)14-4-3-5-15(19)10-14/h3-5,10-13,16,20,23H,6-9H2,1-2H3. The second-order valence-electron chi connectivity index (χ2n) is 6.44. The van der Waals surface area contributed by atoms with Gasteiger partial charge in [0.2, 0.25) is 0 Å². The zero-order valence-electron chi connectivity index (χ0n) is 14.1. The quantitative estimate of drug-likeness (QED) is 0.866. The van der Waals surface area contributed by atoms with E-state index in [4.69, 9.17) is 16.3 Å². The van der Waals surface area contributed by atoms with Crippen LogP contribution >= 0.6 is 11.6 Å². The van der Waals surface area contributed by atoms with Crippen molar-refractivity contribution in [3.05, 3.63) is 35.4 Å². The second-order valence-corrected chi connectivity index (χ2v) is 6.88. The Morgan fingerprint density at radius 1 is 1.29 bits per heavy atom. The second kappa shape index (κ2) is 7.55. The molecule has 0 amide bonds. The van der Waals surface area contributed by atoms with Crippen LogP contribution in [0.4, 0.5) is 5.82 Å². The normalized spacial score (nSPS) is 24.1. The Kier molecular flexibility index (Phi) is 5.43. The molecular weight excluding hydrogens is 326 g/mol. The number of ether oxygens (including phenoxy) is 1. The molecule has 0 spiro atoms. The molecule has 6 heteroatoms. The van der Waals surface area contributed by atoms with Gasteiger partial charge in [-0.2, -0.15) is 5.10 Å². The first-order valence-electron chi connectivity index (χ1n) is 8.42. The van der Waals surface area contributed by atoms with Crippen molar-refractivity contribution in [3.8, 4) is 11.3 Å².